The van der Waals surface area contributed by atoms with Crippen molar-refractivity contribution < 1.29 is 13.2 Å². The van der Waals surface area contributed by atoms with Crippen LogP contribution in [0.25, 0.3) is 0 Å². The van der Waals surface area contributed by atoms with Crippen LogP contribution in [0.15, 0.2) is 12.1 Å². The van der Waals surface area contributed by atoms with Crippen molar-refractivity contribution in [2.75, 3.05) is 18.9 Å². The number of nitrogens with one attached hydrogen (secondary N) is 1. The molecule has 1 N–H and O–H groups in total. The Morgan fingerprint density at radius 2 is 1.77 bits per heavy atom. The number of halogens is 6. The minimum atomic E-state index is -4.54. The van der Waals surface area contributed by atoms with E-state index >= 15 is 0 Å². The third-order valence-corrected chi connectivity index (χ3v) is 5.06. The Labute approximate surface area is 169 Å². The maximum Gasteiger partial charge on any atom is 0.434 e. The summed E-state index contributed by atoms with van der Waals surface area (Å²) in [5.41, 5.74) is -0.635. The van der Waals surface area contributed by atoms with Gasteiger partial charge in [-0.1, -0.05) is 60.0 Å². The van der Waals surface area contributed by atoms with Crippen molar-refractivity contribution >= 4 is 57.0 Å². The second kappa shape index (κ2) is 8.52. The van der Waals surface area contributed by atoms with Crippen molar-refractivity contribution in [3.8, 4) is 0 Å². The quantitative estimate of drug-likeness (QED) is 0.520. The number of rotatable bonds is 6. The zero-order valence-electron chi connectivity index (χ0n) is 14.2. The molecule has 0 atom stereocenters. The number of hydrogen-bond acceptors (Lipinski definition) is 4. The fourth-order valence-corrected chi connectivity index (χ4v) is 4.41. The lowest BCUT2D eigenvalue weighted by molar-refractivity contribution is -0.141. The molecule has 10 heteroatoms. The molecule has 0 radical (unpaired) electrons. The highest BCUT2D eigenvalue weighted by atomic mass is 35.5. The van der Waals surface area contributed by atoms with Crippen LogP contribution in [0.4, 0.5) is 24.0 Å². The van der Waals surface area contributed by atoms with Crippen molar-refractivity contribution in [2.45, 2.75) is 26.6 Å². The van der Waals surface area contributed by atoms with Gasteiger partial charge in [-0.05, 0) is 25.1 Å². The van der Waals surface area contributed by atoms with Gasteiger partial charge in [0.05, 0.1) is 20.6 Å². The molecule has 0 saturated heterocycles. The lowest BCUT2D eigenvalue weighted by atomic mass is 10.2. The lowest BCUT2D eigenvalue weighted by Gasteiger charge is -2.18. The SMILES string of the molecule is CC(C)CN(C)Cc1sc(Nc2c(Cl)cc(Cl)cc2Cl)nc1C(F)(F)F. The van der Waals surface area contributed by atoms with Gasteiger partial charge in [-0.25, -0.2) is 4.98 Å². The number of aromatic nitrogens is 1. The molecule has 2 rings (SSSR count). The van der Waals surface area contributed by atoms with E-state index in [-0.39, 0.29) is 32.3 Å². The maximum atomic E-state index is 13.4. The average Bonchev–Trinajstić information content (AvgIpc) is 2.84. The van der Waals surface area contributed by atoms with Gasteiger partial charge >= 0.3 is 6.18 Å². The van der Waals surface area contributed by atoms with Gasteiger partial charge in [-0.15, -0.1) is 0 Å². The Balaban J connectivity index is 2.33. The number of nitrogens with zero attached hydrogens (tertiary/aromatic N) is 2. The molecular formula is C16H17Cl3F3N3S. The Morgan fingerprint density at radius 1 is 1.19 bits per heavy atom. The molecule has 26 heavy (non-hydrogen) atoms. The van der Waals surface area contributed by atoms with E-state index in [1.54, 1.807) is 7.05 Å². The predicted molar refractivity (Wildman–Crippen MR) is 103 cm³/mol. The Morgan fingerprint density at radius 3 is 2.27 bits per heavy atom. The maximum absolute atomic E-state index is 13.4. The first kappa shape index (κ1) is 21.6. The molecule has 0 aliphatic carbocycles. The monoisotopic (exact) mass is 445 g/mol. The van der Waals surface area contributed by atoms with Gasteiger partial charge in [0, 0.05) is 18.1 Å². The molecule has 0 aliphatic rings. The Bertz CT molecular complexity index is 755. The van der Waals surface area contributed by atoms with Crippen LogP contribution in [-0.4, -0.2) is 23.5 Å². The number of anilines is 2. The lowest BCUT2D eigenvalue weighted by Crippen LogP contribution is -2.23. The summed E-state index contributed by atoms with van der Waals surface area (Å²) in [5, 5.41) is 3.57. The molecule has 0 unspecified atom stereocenters. The van der Waals surface area contributed by atoms with Crippen LogP contribution in [0.3, 0.4) is 0 Å². The topological polar surface area (TPSA) is 28.2 Å². The van der Waals surface area contributed by atoms with Crippen LogP contribution < -0.4 is 5.32 Å². The van der Waals surface area contributed by atoms with E-state index in [4.69, 9.17) is 34.8 Å². The second-order valence-electron chi connectivity index (χ2n) is 6.25. The molecule has 3 nitrogen and oxygen atoms in total. The van der Waals surface area contributed by atoms with Crippen LogP contribution >= 0.6 is 46.1 Å². The minimum Gasteiger partial charge on any atom is -0.329 e. The molecule has 0 bridgehead atoms. The van der Waals surface area contributed by atoms with Gasteiger partial charge in [-0.2, -0.15) is 13.2 Å². The number of benzene rings is 1. The first-order chi connectivity index (χ1) is 12.0. The fraction of sp³-hybridized carbons (Fsp3) is 0.438. The molecule has 0 saturated carbocycles. The highest BCUT2D eigenvalue weighted by molar-refractivity contribution is 7.15. The van der Waals surface area contributed by atoms with Crippen LogP contribution in [0.5, 0.6) is 0 Å². The molecule has 1 aromatic carbocycles. The summed E-state index contributed by atoms with van der Waals surface area (Å²) in [6, 6.07) is 2.90. The zero-order chi connectivity index (χ0) is 19.6. The van der Waals surface area contributed by atoms with Crippen molar-refractivity contribution in [3.63, 3.8) is 0 Å². The van der Waals surface area contributed by atoms with Crippen LogP contribution in [-0.2, 0) is 12.7 Å². The number of thiazole rings is 1. The first-order valence-corrected chi connectivity index (χ1v) is 9.59. The van der Waals surface area contributed by atoms with E-state index in [9.17, 15) is 13.2 Å². The van der Waals surface area contributed by atoms with Gasteiger partial charge in [0.15, 0.2) is 10.8 Å². The van der Waals surface area contributed by atoms with Crippen molar-refractivity contribution in [1.29, 1.82) is 0 Å². The van der Waals surface area contributed by atoms with E-state index in [0.29, 0.717) is 17.5 Å². The minimum absolute atomic E-state index is 0.0661. The molecule has 0 fully saturated rings. The molecule has 0 spiro atoms. The highest BCUT2D eigenvalue weighted by Crippen LogP contribution is 2.40. The largest absolute Gasteiger partial charge is 0.434 e. The number of hydrogen-bond donors (Lipinski definition) is 1. The molecule has 1 aromatic heterocycles. The Hall–Kier alpha value is -0.730. The van der Waals surface area contributed by atoms with E-state index in [2.05, 4.69) is 10.3 Å². The Kier molecular flexibility index (Phi) is 7.07. The summed E-state index contributed by atoms with van der Waals surface area (Å²) < 4.78 is 40.1. The summed E-state index contributed by atoms with van der Waals surface area (Å²) in [6.45, 7) is 4.83. The molecular weight excluding hydrogens is 430 g/mol. The third kappa shape index (κ3) is 5.63. The zero-order valence-corrected chi connectivity index (χ0v) is 17.3. The van der Waals surface area contributed by atoms with Crippen molar-refractivity contribution in [1.82, 2.24) is 9.88 Å². The summed E-state index contributed by atoms with van der Waals surface area (Å²) in [6.07, 6.45) is -4.54. The average molecular weight is 447 g/mol. The fourth-order valence-electron chi connectivity index (χ4n) is 2.44. The summed E-state index contributed by atoms with van der Waals surface area (Å²) in [7, 11) is 1.78. The first-order valence-electron chi connectivity index (χ1n) is 7.64. The molecule has 1 heterocycles. The normalized spacial score (nSPS) is 12.3. The summed E-state index contributed by atoms with van der Waals surface area (Å²) in [4.78, 5) is 5.68. The van der Waals surface area contributed by atoms with E-state index in [0.717, 1.165) is 11.3 Å². The van der Waals surface area contributed by atoms with E-state index < -0.39 is 11.9 Å². The van der Waals surface area contributed by atoms with Crippen LogP contribution in [0, 0.1) is 5.92 Å². The molecule has 2 aromatic rings. The predicted octanol–water partition coefficient (Wildman–Crippen LogP) is 6.95. The van der Waals surface area contributed by atoms with E-state index in [1.807, 2.05) is 18.7 Å². The van der Waals surface area contributed by atoms with Gasteiger partial charge in [0.2, 0.25) is 0 Å². The summed E-state index contributed by atoms with van der Waals surface area (Å²) in [5.74, 6) is 0.339. The van der Waals surface area contributed by atoms with Gasteiger partial charge < -0.3 is 10.2 Å². The van der Waals surface area contributed by atoms with Crippen LogP contribution in [0.2, 0.25) is 15.1 Å². The third-order valence-electron chi connectivity index (χ3n) is 3.30. The highest BCUT2D eigenvalue weighted by Gasteiger charge is 2.37. The van der Waals surface area contributed by atoms with Gasteiger partial charge in [0.1, 0.15) is 0 Å². The van der Waals surface area contributed by atoms with Crippen molar-refractivity contribution in [2.24, 2.45) is 5.92 Å². The number of alkyl halides is 3. The molecule has 0 amide bonds. The summed E-state index contributed by atoms with van der Waals surface area (Å²) >= 11 is 18.9. The standard InChI is InChI=1S/C16H17Cl3F3N3S/c1-8(2)6-25(3)7-12-14(16(20,21)22)24-15(26-12)23-13-10(18)4-9(17)5-11(13)19/h4-5,8H,6-7H2,1-3H3,(H,23,24). The van der Waals surface area contributed by atoms with E-state index in [1.165, 1.54) is 12.1 Å². The van der Waals surface area contributed by atoms with Crippen LogP contribution in [0.1, 0.15) is 24.4 Å². The second-order valence-corrected chi connectivity index (χ2v) is 8.58. The smallest absolute Gasteiger partial charge is 0.329 e. The van der Waals surface area contributed by atoms with Crippen molar-refractivity contribution in [3.05, 3.63) is 37.8 Å². The molecule has 144 valence electrons. The van der Waals surface area contributed by atoms with Gasteiger partial charge in [0.25, 0.3) is 0 Å². The molecule has 0 aliphatic heterocycles. The van der Waals surface area contributed by atoms with Gasteiger partial charge in [-0.3, -0.25) is 0 Å².